The Morgan fingerprint density at radius 2 is 1.88 bits per heavy atom. The molecule has 0 radical (unpaired) electrons. The molecule has 25 heavy (non-hydrogen) atoms. The van der Waals surface area contributed by atoms with Crippen molar-refractivity contribution in [3.8, 4) is 0 Å². The predicted molar refractivity (Wildman–Crippen MR) is 102 cm³/mol. The summed E-state index contributed by atoms with van der Waals surface area (Å²) in [5.41, 5.74) is 2.88. The van der Waals surface area contributed by atoms with Crippen LogP contribution in [0.4, 0.5) is 5.69 Å². The number of hydrogen-bond donors (Lipinski definition) is 1. The van der Waals surface area contributed by atoms with Gasteiger partial charge in [0.15, 0.2) is 0 Å². The van der Waals surface area contributed by atoms with E-state index in [4.69, 9.17) is 4.98 Å². The van der Waals surface area contributed by atoms with E-state index in [9.17, 15) is 4.79 Å². The van der Waals surface area contributed by atoms with E-state index in [0.717, 1.165) is 68.2 Å². The fourth-order valence-corrected chi connectivity index (χ4v) is 3.38. The fourth-order valence-electron chi connectivity index (χ4n) is 3.38. The molecular weight excluding hydrogens is 314 g/mol. The number of benzene rings is 1. The molecule has 1 N–H and O–H groups in total. The standard InChI is InChI=1S/C19H29N5O/c1-4-6-19(25)20-15-7-8-17-16(13-15)21-18(22(17)3)14-24-11-9-23(5-2)10-12-24/h7-8,13H,4-6,9-12,14H2,1-3H3,(H,20,25). The molecule has 1 fully saturated rings. The molecule has 6 heteroatoms. The highest BCUT2D eigenvalue weighted by Gasteiger charge is 2.18. The summed E-state index contributed by atoms with van der Waals surface area (Å²) >= 11 is 0. The average molecular weight is 343 g/mol. The predicted octanol–water partition coefficient (Wildman–Crippen LogP) is 2.45. The van der Waals surface area contributed by atoms with Crippen LogP contribution in [0.2, 0.25) is 0 Å². The zero-order valence-electron chi connectivity index (χ0n) is 15.6. The summed E-state index contributed by atoms with van der Waals surface area (Å²) < 4.78 is 2.17. The van der Waals surface area contributed by atoms with Gasteiger partial charge in [-0.05, 0) is 31.2 Å². The van der Waals surface area contributed by atoms with Gasteiger partial charge in [-0.2, -0.15) is 0 Å². The molecule has 1 saturated heterocycles. The molecule has 1 amide bonds. The molecule has 1 aliphatic heterocycles. The molecule has 0 saturated carbocycles. The van der Waals surface area contributed by atoms with Gasteiger partial charge in [-0.1, -0.05) is 13.8 Å². The van der Waals surface area contributed by atoms with Crippen molar-refractivity contribution in [2.24, 2.45) is 7.05 Å². The number of aryl methyl sites for hydroxylation is 1. The summed E-state index contributed by atoms with van der Waals surface area (Å²) in [5.74, 6) is 1.14. The van der Waals surface area contributed by atoms with Crippen LogP contribution in [0.3, 0.4) is 0 Å². The van der Waals surface area contributed by atoms with E-state index in [1.54, 1.807) is 0 Å². The van der Waals surface area contributed by atoms with E-state index in [1.807, 2.05) is 25.1 Å². The van der Waals surface area contributed by atoms with E-state index in [0.29, 0.717) is 6.42 Å². The second-order valence-electron chi connectivity index (χ2n) is 6.80. The molecule has 3 rings (SSSR count). The van der Waals surface area contributed by atoms with Gasteiger partial charge >= 0.3 is 0 Å². The number of hydrogen-bond acceptors (Lipinski definition) is 4. The zero-order chi connectivity index (χ0) is 17.8. The number of rotatable bonds is 6. The van der Waals surface area contributed by atoms with Gasteiger partial charge in [-0.25, -0.2) is 4.98 Å². The number of carbonyl (C=O) groups is 1. The Morgan fingerprint density at radius 3 is 2.56 bits per heavy atom. The third kappa shape index (κ3) is 4.19. The van der Waals surface area contributed by atoms with Crippen LogP contribution in [0.1, 0.15) is 32.5 Å². The molecule has 6 nitrogen and oxygen atoms in total. The summed E-state index contributed by atoms with van der Waals surface area (Å²) in [5, 5.41) is 2.95. The van der Waals surface area contributed by atoms with Gasteiger partial charge in [-0.3, -0.25) is 9.69 Å². The number of piperazine rings is 1. The minimum absolute atomic E-state index is 0.0619. The van der Waals surface area contributed by atoms with Crippen LogP contribution in [0.25, 0.3) is 11.0 Å². The SMILES string of the molecule is CCCC(=O)Nc1ccc2c(c1)nc(CN1CCN(CC)CC1)n2C. The molecule has 2 heterocycles. The molecule has 136 valence electrons. The highest BCUT2D eigenvalue weighted by Crippen LogP contribution is 2.21. The average Bonchev–Trinajstić information content (AvgIpc) is 2.91. The van der Waals surface area contributed by atoms with E-state index < -0.39 is 0 Å². The smallest absolute Gasteiger partial charge is 0.224 e. The summed E-state index contributed by atoms with van der Waals surface area (Å²) in [6.07, 6.45) is 1.41. The Morgan fingerprint density at radius 1 is 1.16 bits per heavy atom. The van der Waals surface area contributed by atoms with E-state index in [-0.39, 0.29) is 5.91 Å². The van der Waals surface area contributed by atoms with Crippen molar-refractivity contribution in [3.05, 3.63) is 24.0 Å². The number of aromatic nitrogens is 2. The van der Waals surface area contributed by atoms with Gasteiger partial charge in [0, 0.05) is 45.3 Å². The molecule has 0 unspecified atom stereocenters. The number of anilines is 1. The van der Waals surface area contributed by atoms with Gasteiger partial charge in [0.1, 0.15) is 5.82 Å². The Bertz CT molecular complexity index is 731. The molecule has 0 atom stereocenters. The number of nitrogens with zero attached hydrogens (tertiary/aromatic N) is 4. The first-order valence-electron chi connectivity index (χ1n) is 9.30. The Hall–Kier alpha value is -1.92. The molecule has 1 aromatic heterocycles. The minimum Gasteiger partial charge on any atom is -0.330 e. The first-order chi connectivity index (χ1) is 12.1. The van der Waals surface area contributed by atoms with Crippen molar-refractivity contribution in [1.29, 1.82) is 0 Å². The molecular formula is C19H29N5O. The number of imidazole rings is 1. The largest absolute Gasteiger partial charge is 0.330 e. The van der Waals surface area contributed by atoms with Crippen LogP contribution in [-0.2, 0) is 18.4 Å². The highest BCUT2D eigenvalue weighted by atomic mass is 16.1. The molecule has 0 spiro atoms. The van der Waals surface area contributed by atoms with Crippen LogP contribution in [-0.4, -0.2) is 58.0 Å². The Labute approximate surface area is 149 Å². The molecule has 0 bridgehead atoms. The minimum atomic E-state index is 0.0619. The monoisotopic (exact) mass is 343 g/mol. The number of likely N-dealkylation sites (N-methyl/N-ethyl adjacent to an activating group) is 1. The van der Waals surface area contributed by atoms with Gasteiger partial charge < -0.3 is 14.8 Å². The van der Waals surface area contributed by atoms with E-state index in [1.165, 1.54) is 0 Å². The van der Waals surface area contributed by atoms with E-state index >= 15 is 0 Å². The summed E-state index contributed by atoms with van der Waals surface area (Å²) in [7, 11) is 2.07. The van der Waals surface area contributed by atoms with Gasteiger partial charge in [0.2, 0.25) is 5.91 Å². The molecule has 1 aromatic carbocycles. The van der Waals surface area contributed by atoms with Crippen molar-refractivity contribution in [1.82, 2.24) is 19.4 Å². The summed E-state index contributed by atoms with van der Waals surface area (Å²) in [6, 6.07) is 5.98. The number of fused-ring (bicyclic) bond motifs is 1. The summed E-state index contributed by atoms with van der Waals surface area (Å²) in [6.45, 7) is 10.7. The van der Waals surface area contributed by atoms with Gasteiger partial charge in [0.25, 0.3) is 0 Å². The van der Waals surface area contributed by atoms with Crippen LogP contribution < -0.4 is 5.32 Å². The number of amides is 1. The lowest BCUT2D eigenvalue weighted by atomic mass is 10.2. The van der Waals surface area contributed by atoms with Crippen molar-refractivity contribution in [3.63, 3.8) is 0 Å². The van der Waals surface area contributed by atoms with Crippen molar-refractivity contribution in [2.75, 3.05) is 38.0 Å². The molecule has 0 aliphatic carbocycles. The quantitative estimate of drug-likeness (QED) is 0.875. The number of carbonyl (C=O) groups excluding carboxylic acids is 1. The van der Waals surface area contributed by atoms with Crippen molar-refractivity contribution in [2.45, 2.75) is 33.2 Å². The fraction of sp³-hybridized carbons (Fsp3) is 0.579. The lowest BCUT2D eigenvalue weighted by Gasteiger charge is -2.33. The topological polar surface area (TPSA) is 53.4 Å². The highest BCUT2D eigenvalue weighted by molar-refractivity contribution is 5.93. The maximum atomic E-state index is 11.8. The van der Waals surface area contributed by atoms with Crippen molar-refractivity contribution >= 4 is 22.6 Å². The maximum Gasteiger partial charge on any atom is 0.224 e. The first-order valence-corrected chi connectivity index (χ1v) is 9.30. The second-order valence-corrected chi connectivity index (χ2v) is 6.80. The van der Waals surface area contributed by atoms with E-state index in [2.05, 4.69) is 33.7 Å². The maximum absolute atomic E-state index is 11.8. The zero-order valence-corrected chi connectivity index (χ0v) is 15.6. The second kappa shape index (κ2) is 7.97. The Balaban J connectivity index is 1.72. The first kappa shape index (κ1) is 17.9. The lowest BCUT2D eigenvalue weighted by molar-refractivity contribution is -0.116. The Kier molecular flexibility index (Phi) is 5.71. The molecule has 2 aromatic rings. The van der Waals surface area contributed by atoms with Crippen LogP contribution >= 0.6 is 0 Å². The third-order valence-electron chi connectivity index (χ3n) is 5.01. The summed E-state index contributed by atoms with van der Waals surface area (Å²) in [4.78, 5) is 21.6. The molecule has 1 aliphatic rings. The normalized spacial score (nSPS) is 16.4. The van der Waals surface area contributed by atoms with Crippen LogP contribution in [0.15, 0.2) is 18.2 Å². The van der Waals surface area contributed by atoms with Crippen LogP contribution in [0, 0.1) is 0 Å². The third-order valence-corrected chi connectivity index (χ3v) is 5.01. The number of nitrogens with one attached hydrogen (secondary N) is 1. The van der Waals surface area contributed by atoms with Gasteiger partial charge in [-0.15, -0.1) is 0 Å². The van der Waals surface area contributed by atoms with Crippen LogP contribution in [0.5, 0.6) is 0 Å². The lowest BCUT2D eigenvalue weighted by Crippen LogP contribution is -2.45. The van der Waals surface area contributed by atoms with Gasteiger partial charge in [0.05, 0.1) is 17.6 Å². The van der Waals surface area contributed by atoms with Crippen molar-refractivity contribution < 1.29 is 4.79 Å².